The lowest BCUT2D eigenvalue weighted by molar-refractivity contribution is -0.145. The number of unbranched alkanes of at least 4 members (excludes halogenated alkanes) is 2. The van der Waals surface area contributed by atoms with Crippen molar-refractivity contribution in [1.29, 1.82) is 0 Å². The molecule has 0 aliphatic carbocycles. The van der Waals surface area contributed by atoms with Gasteiger partial charge in [-0.1, -0.05) is 12.8 Å². The second-order valence-electron chi connectivity index (χ2n) is 2.79. The number of carbonyl (C=O) groups is 1. The molecule has 0 radical (unpaired) electrons. The molecule has 0 rings (SSSR count). The first-order chi connectivity index (χ1) is 6.09. The molecule has 2 nitrogen and oxygen atoms in total. The third-order valence-electron chi connectivity index (χ3n) is 1.67. The predicted molar refractivity (Wildman–Crippen MR) is 41.9 cm³/mol. The van der Waals surface area contributed by atoms with E-state index in [9.17, 15) is 18.0 Å². The molecule has 2 unspecified atom stereocenters. The third-order valence-corrected chi connectivity index (χ3v) is 1.67. The first-order valence-corrected chi connectivity index (χ1v) is 4.16. The van der Waals surface area contributed by atoms with Crippen molar-refractivity contribution in [3.05, 3.63) is 0 Å². The minimum absolute atomic E-state index is 0.159. The van der Waals surface area contributed by atoms with Crippen molar-refractivity contribution in [2.24, 2.45) is 0 Å². The molecular weight excluding hydrogens is 185 g/mol. The summed E-state index contributed by atoms with van der Waals surface area (Å²) in [6, 6.07) is 0. The molecule has 0 amide bonds. The third kappa shape index (κ3) is 5.49. The molecule has 0 fully saturated rings. The lowest BCUT2D eigenvalue weighted by Crippen LogP contribution is -2.26. The molecule has 78 valence electrons. The van der Waals surface area contributed by atoms with Crippen LogP contribution in [0, 0.1) is 0 Å². The summed E-state index contributed by atoms with van der Waals surface area (Å²) in [7, 11) is 0. The van der Waals surface area contributed by atoms with Crippen LogP contribution < -0.4 is 0 Å². The van der Waals surface area contributed by atoms with Crippen LogP contribution in [-0.4, -0.2) is 30.1 Å². The fraction of sp³-hybridized carbons (Fsp3) is 0.875. The molecule has 0 aliphatic rings. The SMILES string of the molecule is O=C(O)C(F)C(F)CCCCCF. The van der Waals surface area contributed by atoms with Crippen molar-refractivity contribution in [3.63, 3.8) is 0 Å². The summed E-state index contributed by atoms with van der Waals surface area (Å²) < 4.78 is 36.5. The van der Waals surface area contributed by atoms with Crippen molar-refractivity contribution >= 4 is 5.97 Å². The Morgan fingerprint density at radius 3 is 2.31 bits per heavy atom. The van der Waals surface area contributed by atoms with Gasteiger partial charge in [-0.05, 0) is 12.8 Å². The largest absolute Gasteiger partial charge is 0.479 e. The number of hydrogen-bond donors (Lipinski definition) is 1. The number of rotatable bonds is 7. The summed E-state index contributed by atoms with van der Waals surface area (Å²) in [6.45, 7) is -0.477. The predicted octanol–water partition coefficient (Wildman–Crippen LogP) is 2.28. The van der Waals surface area contributed by atoms with Gasteiger partial charge in [-0.15, -0.1) is 0 Å². The van der Waals surface area contributed by atoms with Crippen LogP contribution in [0.1, 0.15) is 25.7 Å². The molecule has 0 saturated heterocycles. The van der Waals surface area contributed by atoms with E-state index in [2.05, 4.69) is 0 Å². The minimum Gasteiger partial charge on any atom is -0.479 e. The lowest BCUT2D eigenvalue weighted by Gasteiger charge is -2.08. The van der Waals surface area contributed by atoms with E-state index >= 15 is 0 Å². The van der Waals surface area contributed by atoms with E-state index in [-0.39, 0.29) is 6.42 Å². The molecule has 0 aromatic carbocycles. The maximum atomic E-state index is 12.6. The van der Waals surface area contributed by atoms with Gasteiger partial charge >= 0.3 is 5.97 Å². The van der Waals surface area contributed by atoms with Gasteiger partial charge in [0.2, 0.25) is 6.17 Å². The number of halogens is 3. The molecule has 0 aromatic rings. The first kappa shape index (κ1) is 12.3. The molecule has 0 aliphatic heterocycles. The van der Waals surface area contributed by atoms with Crippen LogP contribution in [-0.2, 0) is 4.79 Å². The standard InChI is InChI=1S/C8H13F3O2/c9-5-3-1-2-4-6(10)7(11)8(12)13/h6-7H,1-5H2,(H,12,13). The smallest absolute Gasteiger partial charge is 0.341 e. The van der Waals surface area contributed by atoms with Crippen molar-refractivity contribution in [2.45, 2.75) is 38.0 Å². The maximum absolute atomic E-state index is 12.6. The lowest BCUT2D eigenvalue weighted by atomic mass is 10.1. The molecule has 0 spiro atoms. The Hall–Kier alpha value is -0.740. The Labute approximate surface area is 74.7 Å². The Balaban J connectivity index is 3.50. The van der Waals surface area contributed by atoms with Crippen LogP contribution in [0.3, 0.4) is 0 Å². The molecule has 13 heavy (non-hydrogen) atoms. The van der Waals surface area contributed by atoms with E-state index < -0.39 is 25.0 Å². The van der Waals surface area contributed by atoms with Crippen LogP contribution in [0.25, 0.3) is 0 Å². The van der Waals surface area contributed by atoms with Crippen molar-refractivity contribution in [3.8, 4) is 0 Å². The highest BCUT2D eigenvalue weighted by Crippen LogP contribution is 2.13. The zero-order valence-corrected chi connectivity index (χ0v) is 7.18. The summed E-state index contributed by atoms with van der Waals surface area (Å²) in [5.74, 6) is -1.78. The molecule has 0 heterocycles. The molecule has 5 heteroatoms. The first-order valence-electron chi connectivity index (χ1n) is 4.16. The number of carboxylic acids is 1. The number of hydrogen-bond acceptors (Lipinski definition) is 1. The highest BCUT2D eigenvalue weighted by Gasteiger charge is 2.26. The summed E-state index contributed by atoms with van der Waals surface area (Å²) in [5.41, 5.74) is 0. The zero-order chi connectivity index (χ0) is 10.3. The summed E-state index contributed by atoms with van der Waals surface area (Å²) in [4.78, 5) is 9.95. The maximum Gasteiger partial charge on any atom is 0.341 e. The Kier molecular flexibility index (Phi) is 6.36. The van der Waals surface area contributed by atoms with Gasteiger partial charge < -0.3 is 5.11 Å². The Morgan fingerprint density at radius 2 is 1.85 bits per heavy atom. The fourth-order valence-electron chi connectivity index (χ4n) is 0.912. The minimum atomic E-state index is -2.45. The molecule has 0 bridgehead atoms. The summed E-state index contributed by atoms with van der Waals surface area (Å²) >= 11 is 0. The van der Waals surface area contributed by atoms with E-state index in [0.29, 0.717) is 19.3 Å². The topological polar surface area (TPSA) is 37.3 Å². The van der Waals surface area contributed by atoms with Gasteiger partial charge in [0.05, 0.1) is 6.67 Å². The van der Waals surface area contributed by atoms with Crippen molar-refractivity contribution < 1.29 is 23.1 Å². The van der Waals surface area contributed by atoms with Crippen molar-refractivity contribution in [1.82, 2.24) is 0 Å². The van der Waals surface area contributed by atoms with Crippen LogP contribution in [0.4, 0.5) is 13.2 Å². The average molecular weight is 198 g/mol. The van der Waals surface area contributed by atoms with Gasteiger partial charge in [-0.25, -0.2) is 13.6 Å². The van der Waals surface area contributed by atoms with Crippen LogP contribution in [0.5, 0.6) is 0 Å². The number of aliphatic carboxylic acids is 1. The average Bonchev–Trinajstić information content (AvgIpc) is 2.10. The van der Waals surface area contributed by atoms with E-state index in [4.69, 9.17) is 5.11 Å². The van der Waals surface area contributed by atoms with E-state index in [1.807, 2.05) is 0 Å². The van der Waals surface area contributed by atoms with Gasteiger partial charge in [0.1, 0.15) is 6.17 Å². The van der Waals surface area contributed by atoms with E-state index in [1.165, 1.54) is 0 Å². The van der Waals surface area contributed by atoms with Crippen LogP contribution in [0.15, 0.2) is 0 Å². The number of carboxylic acid groups (broad SMARTS) is 1. The molecular formula is C8H13F3O2. The normalized spacial score (nSPS) is 15.3. The monoisotopic (exact) mass is 198 g/mol. The Morgan fingerprint density at radius 1 is 1.23 bits per heavy atom. The quantitative estimate of drug-likeness (QED) is 0.637. The second kappa shape index (κ2) is 6.74. The van der Waals surface area contributed by atoms with E-state index in [0.717, 1.165) is 0 Å². The molecule has 0 aromatic heterocycles. The Bertz CT molecular complexity index is 152. The fourth-order valence-corrected chi connectivity index (χ4v) is 0.912. The van der Waals surface area contributed by atoms with Crippen molar-refractivity contribution in [2.75, 3.05) is 6.67 Å². The summed E-state index contributed by atoms with van der Waals surface area (Å²) in [6.07, 6.45) is -3.49. The van der Waals surface area contributed by atoms with Crippen LogP contribution >= 0.6 is 0 Å². The number of alkyl halides is 3. The van der Waals surface area contributed by atoms with E-state index in [1.54, 1.807) is 0 Å². The van der Waals surface area contributed by atoms with Gasteiger partial charge in [-0.3, -0.25) is 4.39 Å². The molecule has 0 saturated carbocycles. The van der Waals surface area contributed by atoms with Gasteiger partial charge in [0, 0.05) is 0 Å². The summed E-state index contributed by atoms with van der Waals surface area (Å²) in [5, 5.41) is 8.08. The molecule has 2 atom stereocenters. The highest BCUT2D eigenvalue weighted by atomic mass is 19.2. The second-order valence-corrected chi connectivity index (χ2v) is 2.79. The molecule has 1 N–H and O–H groups in total. The van der Waals surface area contributed by atoms with Gasteiger partial charge in [-0.2, -0.15) is 0 Å². The van der Waals surface area contributed by atoms with Gasteiger partial charge in [0.15, 0.2) is 0 Å². The van der Waals surface area contributed by atoms with Crippen LogP contribution in [0.2, 0.25) is 0 Å². The zero-order valence-electron chi connectivity index (χ0n) is 7.18. The van der Waals surface area contributed by atoms with Gasteiger partial charge in [0.25, 0.3) is 0 Å². The highest BCUT2D eigenvalue weighted by molar-refractivity contribution is 5.72.